The Morgan fingerprint density at radius 2 is 0.636 bits per heavy atom. The molecule has 0 aliphatic carbocycles. The van der Waals surface area contributed by atoms with Crippen LogP contribution < -0.4 is 0 Å². The molecule has 3 heterocycles. The van der Waals surface area contributed by atoms with E-state index in [2.05, 4.69) is 39.0 Å². The second-order valence-corrected chi connectivity index (χ2v) is 6.13. The zero-order valence-electron chi connectivity index (χ0n) is 33.0. The first kappa shape index (κ1) is 59.9. The molecule has 4 aromatic rings. The molecule has 4 heteroatoms. The molecule has 0 radical (unpaired) electrons. The molecule has 0 aliphatic heterocycles. The van der Waals surface area contributed by atoms with E-state index in [0.717, 1.165) is 5.56 Å². The predicted molar refractivity (Wildman–Crippen MR) is 207 cm³/mol. The number of hydrogen-bond donors (Lipinski definition) is 0. The molecule has 1 aromatic carbocycles. The first-order chi connectivity index (χ1) is 21.6. The first-order valence-corrected chi connectivity index (χ1v) is 17.0. The number of aryl methyl sites for hydroxylation is 4. The van der Waals surface area contributed by atoms with Crippen molar-refractivity contribution < 1.29 is 0 Å². The minimum Gasteiger partial charge on any atom is -0.265 e. The van der Waals surface area contributed by atoms with Crippen molar-refractivity contribution in [2.75, 3.05) is 0 Å². The highest BCUT2D eigenvalue weighted by molar-refractivity contribution is 5.11. The van der Waals surface area contributed by atoms with Crippen LogP contribution in [0.5, 0.6) is 0 Å². The van der Waals surface area contributed by atoms with E-state index < -0.39 is 0 Å². The molecule has 0 atom stereocenters. The van der Waals surface area contributed by atoms with Gasteiger partial charge in [-0.3, -0.25) is 9.97 Å². The highest BCUT2D eigenvalue weighted by Crippen LogP contribution is 1.92. The highest BCUT2D eigenvalue weighted by Gasteiger charge is 1.75. The predicted octanol–water partition coefficient (Wildman–Crippen LogP) is 13.8. The molecule has 4 rings (SSSR count). The van der Waals surface area contributed by atoms with Crippen molar-refractivity contribution >= 4 is 0 Å². The van der Waals surface area contributed by atoms with Crippen molar-refractivity contribution in [1.82, 2.24) is 19.9 Å². The summed E-state index contributed by atoms with van der Waals surface area (Å²) in [6.45, 7) is 40.1. The summed E-state index contributed by atoms with van der Waals surface area (Å²) in [7, 11) is 0. The summed E-state index contributed by atoms with van der Waals surface area (Å²) in [5.41, 5.74) is 4.89. The van der Waals surface area contributed by atoms with E-state index >= 15 is 0 Å². The molecule has 0 saturated heterocycles. The van der Waals surface area contributed by atoms with E-state index in [-0.39, 0.29) is 0 Å². The average molecular weight is 613 g/mol. The van der Waals surface area contributed by atoms with Gasteiger partial charge in [-0.2, -0.15) is 0 Å². The molecule has 0 saturated carbocycles. The van der Waals surface area contributed by atoms with Gasteiger partial charge in [0, 0.05) is 37.2 Å². The quantitative estimate of drug-likeness (QED) is 0.198. The Morgan fingerprint density at radius 1 is 0.295 bits per heavy atom. The van der Waals surface area contributed by atoms with Gasteiger partial charge in [0.1, 0.15) is 6.33 Å². The second-order valence-electron chi connectivity index (χ2n) is 6.13. The zero-order valence-corrected chi connectivity index (χ0v) is 33.0. The van der Waals surface area contributed by atoms with Gasteiger partial charge in [-0.25, -0.2) is 9.97 Å². The van der Waals surface area contributed by atoms with Gasteiger partial charge >= 0.3 is 0 Å². The molecule has 0 unspecified atom stereocenters. The van der Waals surface area contributed by atoms with E-state index in [1.807, 2.05) is 180 Å². The summed E-state index contributed by atoms with van der Waals surface area (Å²) in [6.07, 6.45) is 12.2. The summed E-state index contributed by atoms with van der Waals surface area (Å²) in [4.78, 5) is 15.3. The van der Waals surface area contributed by atoms with Crippen molar-refractivity contribution in [2.45, 2.75) is 138 Å². The Hall–Kier alpha value is -3.40. The van der Waals surface area contributed by atoms with Gasteiger partial charge in [0.15, 0.2) is 0 Å². The summed E-state index contributed by atoms with van der Waals surface area (Å²) >= 11 is 0. The monoisotopic (exact) mass is 613 g/mol. The van der Waals surface area contributed by atoms with Gasteiger partial charge in [0.05, 0.1) is 0 Å². The molecule has 0 fully saturated rings. The third-order valence-electron chi connectivity index (χ3n) is 3.29. The molecular formula is C40H76N4. The second kappa shape index (κ2) is 72.1. The van der Waals surface area contributed by atoms with Crippen LogP contribution in [0.25, 0.3) is 0 Å². The van der Waals surface area contributed by atoms with Gasteiger partial charge in [0.2, 0.25) is 0 Å². The summed E-state index contributed by atoms with van der Waals surface area (Å²) in [6, 6.07) is 18.2. The number of benzene rings is 1. The Bertz CT molecular complexity index is 689. The molecular weight excluding hydrogens is 536 g/mol. The molecule has 44 heavy (non-hydrogen) atoms. The van der Waals surface area contributed by atoms with Crippen LogP contribution in [0, 0.1) is 27.7 Å². The molecule has 3 aromatic heterocycles. The average Bonchev–Trinajstić information content (AvgIpc) is 3.14. The van der Waals surface area contributed by atoms with Crippen LogP contribution in [-0.2, 0) is 0 Å². The normalized spacial score (nSPS) is 6.64. The first-order valence-electron chi connectivity index (χ1n) is 17.0. The van der Waals surface area contributed by atoms with E-state index in [9.17, 15) is 0 Å². The molecule has 0 spiro atoms. The SMILES string of the molecule is CC.CC.CC.CC.CC.CC.CC.CC.Cc1ccccc1.Cc1cccnc1.Cc1ccncc1.Cc1cncnc1. The van der Waals surface area contributed by atoms with E-state index in [1.165, 1.54) is 23.0 Å². The molecule has 0 bridgehead atoms. The van der Waals surface area contributed by atoms with Crippen molar-refractivity contribution in [3.63, 3.8) is 0 Å². The lowest BCUT2D eigenvalue weighted by Gasteiger charge is -1.82. The molecule has 0 aliphatic rings. The van der Waals surface area contributed by atoms with E-state index in [1.54, 1.807) is 31.0 Å². The van der Waals surface area contributed by atoms with Gasteiger partial charge in [-0.15, -0.1) is 0 Å². The third kappa shape index (κ3) is 66.7. The number of hydrogen-bond acceptors (Lipinski definition) is 4. The minimum atomic E-state index is 1.10. The number of nitrogens with zero attached hydrogens (tertiary/aromatic N) is 4. The van der Waals surface area contributed by atoms with Crippen molar-refractivity contribution in [3.8, 4) is 0 Å². The number of pyridine rings is 2. The fraction of sp³-hybridized carbons (Fsp3) is 0.500. The molecule has 0 N–H and O–H groups in total. The maximum atomic E-state index is 3.88. The number of aromatic nitrogens is 4. The standard InChI is InChI=1S/C7H8.2C6H7N.C5H6N2.8C2H6/c1-7-5-3-2-4-6-7;1-6-2-4-7-5-3-6;1-6-3-2-4-7-5-6;1-5-2-6-4-7-3-5;8*1-2/h2-6H,1H3;2*2-5H,1H3;2-4H,1H3;8*1-2H3. The highest BCUT2D eigenvalue weighted by atomic mass is 14.8. The van der Waals surface area contributed by atoms with E-state index in [0.29, 0.717) is 0 Å². The van der Waals surface area contributed by atoms with Gasteiger partial charge < -0.3 is 0 Å². The van der Waals surface area contributed by atoms with Crippen LogP contribution in [-0.4, -0.2) is 19.9 Å². The zero-order chi connectivity index (χ0) is 36.5. The summed E-state index contributed by atoms with van der Waals surface area (Å²) < 4.78 is 0. The molecule has 4 nitrogen and oxygen atoms in total. The van der Waals surface area contributed by atoms with Crippen LogP contribution in [0.4, 0.5) is 0 Å². The van der Waals surface area contributed by atoms with Crippen LogP contribution in [0.2, 0.25) is 0 Å². The summed E-state index contributed by atoms with van der Waals surface area (Å²) in [5, 5.41) is 0. The molecule has 256 valence electrons. The van der Waals surface area contributed by atoms with Crippen molar-refractivity contribution in [2.24, 2.45) is 0 Å². The largest absolute Gasteiger partial charge is 0.265 e. The Labute approximate surface area is 278 Å². The van der Waals surface area contributed by atoms with Crippen LogP contribution in [0.15, 0.2) is 98.1 Å². The van der Waals surface area contributed by atoms with Crippen molar-refractivity contribution in [3.05, 3.63) is 120 Å². The number of rotatable bonds is 0. The lowest BCUT2D eigenvalue weighted by molar-refractivity contribution is 1.13. The minimum absolute atomic E-state index is 1.10. The maximum Gasteiger partial charge on any atom is 0.115 e. The van der Waals surface area contributed by atoms with Gasteiger partial charge in [-0.05, 0) is 62.6 Å². The topological polar surface area (TPSA) is 51.6 Å². The van der Waals surface area contributed by atoms with Gasteiger partial charge in [0.25, 0.3) is 0 Å². The third-order valence-corrected chi connectivity index (χ3v) is 3.29. The lowest BCUT2D eigenvalue weighted by atomic mass is 10.2. The van der Waals surface area contributed by atoms with Crippen molar-refractivity contribution in [1.29, 1.82) is 0 Å². The van der Waals surface area contributed by atoms with Crippen LogP contribution >= 0.6 is 0 Å². The fourth-order valence-electron chi connectivity index (χ4n) is 1.78. The van der Waals surface area contributed by atoms with E-state index in [4.69, 9.17) is 0 Å². The van der Waals surface area contributed by atoms with Gasteiger partial charge in [-0.1, -0.05) is 153 Å². The smallest absolute Gasteiger partial charge is 0.115 e. The Kier molecular flexibility index (Phi) is 98.2. The lowest BCUT2D eigenvalue weighted by Crippen LogP contribution is -1.75. The molecule has 0 amide bonds. The Balaban J connectivity index is -0.0000000568. The van der Waals surface area contributed by atoms with Crippen LogP contribution in [0.3, 0.4) is 0 Å². The fourth-order valence-corrected chi connectivity index (χ4v) is 1.78. The maximum absolute atomic E-state index is 3.88. The summed E-state index contributed by atoms with van der Waals surface area (Å²) in [5.74, 6) is 0. The Morgan fingerprint density at radius 3 is 0.818 bits per heavy atom. The van der Waals surface area contributed by atoms with Crippen LogP contribution in [0.1, 0.15) is 133 Å².